The first-order chi connectivity index (χ1) is 8.97. The first-order valence-electron chi connectivity index (χ1n) is 6.04. The topological polar surface area (TPSA) is 65.5 Å². The molecule has 0 N–H and O–H groups in total. The molecule has 0 aromatic carbocycles. The number of ether oxygens (including phenoxy) is 1. The van der Waals surface area contributed by atoms with Crippen LogP contribution in [0.2, 0.25) is 0 Å². The van der Waals surface area contributed by atoms with E-state index in [2.05, 4.69) is 4.98 Å². The van der Waals surface area contributed by atoms with Gasteiger partial charge in [0.15, 0.2) is 0 Å². The summed E-state index contributed by atoms with van der Waals surface area (Å²) in [6.45, 7) is 1.03. The Morgan fingerprint density at radius 3 is 2.74 bits per heavy atom. The van der Waals surface area contributed by atoms with E-state index >= 15 is 0 Å². The minimum absolute atomic E-state index is 0.0415. The lowest BCUT2D eigenvalue weighted by molar-refractivity contribution is 0.0171. The van der Waals surface area contributed by atoms with Crippen LogP contribution < -0.4 is 0 Å². The Kier molecular flexibility index (Phi) is 4.49. The summed E-state index contributed by atoms with van der Waals surface area (Å²) in [5.74, 6) is -0.671. The fourth-order valence-electron chi connectivity index (χ4n) is 2.16. The number of aromatic nitrogens is 1. The second-order valence-electron chi connectivity index (χ2n) is 4.54. The zero-order valence-electron chi connectivity index (χ0n) is 10.6. The van der Waals surface area contributed by atoms with Crippen LogP contribution >= 0.6 is 0 Å². The van der Waals surface area contributed by atoms with Crippen molar-refractivity contribution in [2.75, 3.05) is 19.5 Å². The second-order valence-corrected chi connectivity index (χ2v) is 6.14. The Bertz CT molecular complexity index is 528. The van der Waals surface area contributed by atoms with Gasteiger partial charge < -0.3 is 4.74 Å². The second kappa shape index (κ2) is 5.94. The van der Waals surface area contributed by atoms with Gasteiger partial charge in [-0.25, -0.2) is 4.39 Å². The van der Waals surface area contributed by atoms with Crippen LogP contribution in [0.4, 0.5) is 4.39 Å². The van der Waals surface area contributed by atoms with Crippen molar-refractivity contribution in [2.24, 2.45) is 5.92 Å². The Morgan fingerprint density at radius 2 is 2.16 bits per heavy atom. The summed E-state index contributed by atoms with van der Waals surface area (Å²) in [5, 5.41) is 0. The maximum absolute atomic E-state index is 13.8. The van der Waals surface area contributed by atoms with E-state index in [1.807, 2.05) is 0 Å². The molecule has 1 aromatic heterocycles. The van der Waals surface area contributed by atoms with Crippen molar-refractivity contribution in [1.29, 1.82) is 0 Å². The molecule has 2 heterocycles. The predicted octanol–water partition coefficient (Wildman–Crippen LogP) is 1.66. The molecule has 1 aliphatic heterocycles. The molecular formula is C12H16FNO4S. The van der Waals surface area contributed by atoms with Crippen molar-refractivity contribution in [2.45, 2.75) is 18.9 Å². The van der Waals surface area contributed by atoms with Crippen LogP contribution in [0.5, 0.6) is 0 Å². The average Bonchev–Trinajstić information content (AvgIpc) is 2.37. The molecule has 0 saturated carbocycles. The molecule has 1 saturated heterocycles. The fourth-order valence-corrected chi connectivity index (χ4v) is 2.79. The number of nitrogens with zero attached hydrogens (tertiary/aromatic N) is 1. The van der Waals surface area contributed by atoms with E-state index in [-0.39, 0.29) is 11.6 Å². The van der Waals surface area contributed by atoms with E-state index in [9.17, 15) is 12.8 Å². The van der Waals surface area contributed by atoms with Crippen LogP contribution in [0.15, 0.2) is 18.3 Å². The molecule has 1 fully saturated rings. The minimum atomic E-state index is -3.69. The number of halogens is 1. The summed E-state index contributed by atoms with van der Waals surface area (Å²) in [6, 6.07) is 2.71. The van der Waals surface area contributed by atoms with Crippen LogP contribution in [0.25, 0.3) is 0 Å². The molecule has 0 spiro atoms. The Balaban J connectivity index is 2.30. The first kappa shape index (κ1) is 14.4. The lowest BCUT2D eigenvalue weighted by Crippen LogP contribution is -2.27. The third-order valence-electron chi connectivity index (χ3n) is 3.03. The van der Waals surface area contributed by atoms with Crippen molar-refractivity contribution < 1.29 is 21.7 Å². The molecule has 19 heavy (non-hydrogen) atoms. The number of pyridine rings is 1. The van der Waals surface area contributed by atoms with Crippen LogP contribution in [0.3, 0.4) is 0 Å². The summed E-state index contributed by atoms with van der Waals surface area (Å²) in [5.41, 5.74) is 0.0415. The standard InChI is InChI=1S/C12H16FNO4S/c1-19(15,16)18-12(9-4-7-17-8-5-9)11-10(13)3-2-6-14-11/h2-3,6,9,12H,4-5,7-8H2,1H3. The van der Waals surface area contributed by atoms with Gasteiger partial charge in [-0.3, -0.25) is 9.17 Å². The van der Waals surface area contributed by atoms with Crippen LogP contribution in [0.1, 0.15) is 24.6 Å². The van der Waals surface area contributed by atoms with Crippen molar-refractivity contribution in [1.82, 2.24) is 4.98 Å². The molecule has 1 aliphatic rings. The SMILES string of the molecule is CS(=O)(=O)OC(c1ncccc1F)C1CCOCC1. The highest BCUT2D eigenvalue weighted by Gasteiger charge is 2.32. The van der Waals surface area contributed by atoms with Crippen LogP contribution in [-0.4, -0.2) is 32.9 Å². The van der Waals surface area contributed by atoms with Crippen molar-refractivity contribution in [3.8, 4) is 0 Å². The zero-order valence-corrected chi connectivity index (χ0v) is 11.4. The summed E-state index contributed by atoms with van der Waals surface area (Å²) in [4.78, 5) is 3.93. The van der Waals surface area contributed by atoms with E-state index in [4.69, 9.17) is 8.92 Å². The predicted molar refractivity (Wildman–Crippen MR) is 66.4 cm³/mol. The van der Waals surface area contributed by atoms with E-state index in [1.165, 1.54) is 18.3 Å². The molecule has 1 aromatic rings. The van der Waals surface area contributed by atoms with Crippen molar-refractivity contribution in [3.05, 3.63) is 29.8 Å². The van der Waals surface area contributed by atoms with Gasteiger partial charge in [0.1, 0.15) is 17.6 Å². The summed E-state index contributed by atoms with van der Waals surface area (Å²) >= 11 is 0. The van der Waals surface area contributed by atoms with Crippen molar-refractivity contribution in [3.63, 3.8) is 0 Å². The van der Waals surface area contributed by atoms with E-state index in [1.54, 1.807) is 0 Å². The quantitative estimate of drug-likeness (QED) is 0.789. The molecule has 2 rings (SSSR count). The number of hydrogen-bond acceptors (Lipinski definition) is 5. The molecule has 1 unspecified atom stereocenters. The molecule has 0 amide bonds. The minimum Gasteiger partial charge on any atom is -0.381 e. The molecule has 0 radical (unpaired) electrons. The molecule has 0 aliphatic carbocycles. The normalized spacial score (nSPS) is 19.3. The molecule has 5 nitrogen and oxygen atoms in total. The summed E-state index contributed by atoms with van der Waals surface area (Å²) in [7, 11) is -3.69. The van der Waals surface area contributed by atoms with E-state index in [0.29, 0.717) is 26.1 Å². The van der Waals surface area contributed by atoms with E-state index < -0.39 is 22.0 Å². The maximum atomic E-state index is 13.8. The highest BCUT2D eigenvalue weighted by molar-refractivity contribution is 7.86. The average molecular weight is 289 g/mol. The summed E-state index contributed by atoms with van der Waals surface area (Å²) in [6.07, 6.45) is 2.74. The third kappa shape index (κ3) is 3.95. The highest BCUT2D eigenvalue weighted by atomic mass is 32.2. The zero-order chi connectivity index (χ0) is 13.9. The molecule has 1 atom stereocenters. The van der Waals surface area contributed by atoms with Gasteiger partial charge in [-0.15, -0.1) is 0 Å². The van der Waals surface area contributed by atoms with E-state index in [0.717, 1.165) is 6.26 Å². The number of rotatable bonds is 4. The fraction of sp³-hybridized carbons (Fsp3) is 0.583. The molecule has 0 bridgehead atoms. The molecule has 106 valence electrons. The summed E-state index contributed by atoms with van der Waals surface area (Å²) < 4.78 is 46.8. The van der Waals surface area contributed by atoms with Gasteiger partial charge in [-0.1, -0.05) is 0 Å². The van der Waals surface area contributed by atoms with Crippen molar-refractivity contribution >= 4 is 10.1 Å². The third-order valence-corrected chi connectivity index (χ3v) is 3.59. The van der Waals surface area contributed by atoms with Gasteiger partial charge in [-0.2, -0.15) is 8.42 Å². The lowest BCUT2D eigenvalue weighted by Gasteiger charge is -2.29. The smallest absolute Gasteiger partial charge is 0.265 e. The largest absolute Gasteiger partial charge is 0.381 e. The maximum Gasteiger partial charge on any atom is 0.265 e. The Morgan fingerprint density at radius 1 is 1.47 bits per heavy atom. The monoisotopic (exact) mass is 289 g/mol. The van der Waals surface area contributed by atoms with Gasteiger partial charge in [0, 0.05) is 19.4 Å². The van der Waals surface area contributed by atoms with Gasteiger partial charge in [0.25, 0.3) is 10.1 Å². The number of hydrogen-bond donors (Lipinski definition) is 0. The first-order valence-corrected chi connectivity index (χ1v) is 7.85. The Labute approximate surface area is 111 Å². The van der Waals surface area contributed by atoms with Gasteiger partial charge >= 0.3 is 0 Å². The lowest BCUT2D eigenvalue weighted by atomic mass is 9.91. The Hall–Kier alpha value is -1.05. The molecular weight excluding hydrogens is 273 g/mol. The molecule has 7 heteroatoms. The van der Waals surface area contributed by atoms with Gasteiger partial charge in [0.05, 0.1) is 6.26 Å². The van der Waals surface area contributed by atoms with Gasteiger partial charge in [0.2, 0.25) is 0 Å². The highest BCUT2D eigenvalue weighted by Crippen LogP contribution is 2.34. The van der Waals surface area contributed by atoms with Crippen LogP contribution in [-0.2, 0) is 19.0 Å². The van der Waals surface area contributed by atoms with Crippen LogP contribution in [0, 0.1) is 11.7 Å². The van der Waals surface area contributed by atoms with Gasteiger partial charge in [-0.05, 0) is 30.9 Å².